The minimum absolute atomic E-state index is 0.226. The van der Waals surface area contributed by atoms with Gasteiger partial charge in [0.15, 0.2) is 0 Å². The van der Waals surface area contributed by atoms with Crippen molar-refractivity contribution in [1.29, 1.82) is 0 Å². The van der Waals surface area contributed by atoms with Gasteiger partial charge >= 0.3 is 5.97 Å². The molecule has 112 valence electrons. The normalized spacial score (nSPS) is 12.1. The zero-order valence-electron chi connectivity index (χ0n) is 13.7. The van der Waals surface area contributed by atoms with E-state index in [2.05, 4.69) is 37.7 Å². The van der Waals surface area contributed by atoms with Crippen LogP contribution in [-0.4, -0.2) is 21.5 Å². The van der Waals surface area contributed by atoms with E-state index >= 15 is 0 Å². The average Bonchev–Trinajstić information content (AvgIpc) is 2.25. The summed E-state index contributed by atoms with van der Waals surface area (Å²) in [6.45, 7) is 13.9. The van der Waals surface area contributed by atoms with Crippen LogP contribution in [0.5, 0.6) is 0 Å². The Morgan fingerprint density at radius 2 is 1.55 bits per heavy atom. The smallest absolute Gasteiger partial charge is 0.310 e. The van der Waals surface area contributed by atoms with Crippen molar-refractivity contribution in [3.05, 3.63) is 23.3 Å². The number of rotatable bonds is 4. The zero-order valence-corrected chi connectivity index (χ0v) is 13.7. The summed E-state index contributed by atoms with van der Waals surface area (Å²) in [6.07, 6.45) is 1.82. The molecule has 0 aliphatic carbocycles. The number of aromatic nitrogens is 2. The number of hydrogen-bond acceptors (Lipinski definition) is 4. The second-order valence-corrected chi connectivity index (χ2v) is 6.70. The fourth-order valence-corrected chi connectivity index (χ4v) is 2.14. The van der Waals surface area contributed by atoms with Crippen LogP contribution in [0.15, 0.2) is 6.33 Å². The van der Waals surface area contributed by atoms with Crippen molar-refractivity contribution < 1.29 is 9.53 Å². The highest BCUT2D eigenvalue weighted by molar-refractivity contribution is 5.73. The molecule has 0 fully saturated rings. The molecule has 0 spiro atoms. The third-order valence-corrected chi connectivity index (χ3v) is 2.85. The van der Waals surface area contributed by atoms with E-state index in [0.29, 0.717) is 0 Å². The second-order valence-electron chi connectivity index (χ2n) is 6.70. The Hall–Kier alpha value is -1.45. The summed E-state index contributed by atoms with van der Waals surface area (Å²) in [4.78, 5) is 20.8. The highest BCUT2D eigenvalue weighted by Gasteiger charge is 2.22. The number of carbonyl (C=O) groups is 1. The summed E-state index contributed by atoms with van der Waals surface area (Å²) in [5.74, 6) is 0.289. The molecule has 0 aliphatic rings. The molecule has 0 amide bonds. The number of hydrogen-bond donors (Lipinski definition) is 0. The van der Waals surface area contributed by atoms with Crippen LogP contribution in [0, 0.1) is 0 Å². The molecule has 0 saturated heterocycles. The first-order valence-electron chi connectivity index (χ1n) is 7.17. The number of carbonyl (C=O) groups excluding carboxylic acids is 1. The quantitative estimate of drug-likeness (QED) is 0.789. The van der Waals surface area contributed by atoms with E-state index in [1.165, 1.54) is 0 Å². The summed E-state index contributed by atoms with van der Waals surface area (Å²) in [5, 5.41) is 0. The first kappa shape index (κ1) is 16.6. The van der Waals surface area contributed by atoms with Crippen molar-refractivity contribution in [3.8, 4) is 0 Å². The summed E-state index contributed by atoms with van der Waals surface area (Å²) in [5.41, 5.74) is 2.33. The molecule has 0 bridgehead atoms. The minimum atomic E-state index is -0.470. The maximum Gasteiger partial charge on any atom is 0.310 e. The van der Waals surface area contributed by atoms with Gasteiger partial charge < -0.3 is 4.74 Å². The summed E-state index contributed by atoms with van der Waals surface area (Å²) < 4.78 is 5.42. The van der Waals surface area contributed by atoms with E-state index in [4.69, 9.17) is 4.74 Å². The van der Waals surface area contributed by atoms with Crippen LogP contribution in [0.3, 0.4) is 0 Å². The van der Waals surface area contributed by atoms with Gasteiger partial charge in [-0.1, -0.05) is 27.7 Å². The predicted molar refractivity (Wildman–Crippen MR) is 79.8 cm³/mol. The van der Waals surface area contributed by atoms with Gasteiger partial charge in [-0.3, -0.25) is 4.79 Å². The van der Waals surface area contributed by atoms with E-state index < -0.39 is 5.60 Å². The van der Waals surface area contributed by atoms with Crippen LogP contribution in [0.4, 0.5) is 0 Å². The van der Waals surface area contributed by atoms with Crippen LogP contribution in [0.25, 0.3) is 0 Å². The summed E-state index contributed by atoms with van der Waals surface area (Å²) in [6, 6.07) is 0. The van der Waals surface area contributed by atoms with Crippen molar-refractivity contribution >= 4 is 5.97 Å². The third-order valence-electron chi connectivity index (χ3n) is 2.85. The van der Waals surface area contributed by atoms with Gasteiger partial charge in [0.2, 0.25) is 0 Å². The summed E-state index contributed by atoms with van der Waals surface area (Å²) >= 11 is 0. The molecule has 0 saturated carbocycles. The molecule has 0 aliphatic heterocycles. The first-order valence-corrected chi connectivity index (χ1v) is 7.17. The Kier molecular flexibility index (Phi) is 5.26. The van der Waals surface area contributed by atoms with Crippen LogP contribution < -0.4 is 0 Å². The van der Waals surface area contributed by atoms with Gasteiger partial charge in [0, 0.05) is 5.56 Å². The summed E-state index contributed by atoms with van der Waals surface area (Å²) in [7, 11) is 0. The molecule has 4 heteroatoms. The first-order chi connectivity index (χ1) is 9.11. The molecule has 0 N–H and O–H groups in total. The lowest BCUT2D eigenvalue weighted by atomic mass is 9.95. The molecule has 0 aromatic carbocycles. The minimum Gasteiger partial charge on any atom is -0.460 e. The van der Waals surface area contributed by atoms with Crippen LogP contribution in [0.1, 0.15) is 77.3 Å². The Labute approximate surface area is 122 Å². The van der Waals surface area contributed by atoms with E-state index in [1.54, 1.807) is 6.33 Å². The molecular weight excluding hydrogens is 252 g/mol. The van der Waals surface area contributed by atoms with E-state index in [0.717, 1.165) is 17.0 Å². The van der Waals surface area contributed by atoms with Gasteiger partial charge in [-0.15, -0.1) is 0 Å². The van der Waals surface area contributed by atoms with Crippen molar-refractivity contribution in [2.75, 3.05) is 0 Å². The van der Waals surface area contributed by atoms with E-state index in [9.17, 15) is 4.79 Å². The van der Waals surface area contributed by atoms with Gasteiger partial charge in [0.1, 0.15) is 11.9 Å². The van der Waals surface area contributed by atoms with Crippen LogP contribution >= 0.6 is 0 Å². The monoisotopic (exact) mass is 278 g/mol. The van der Waals surface area contributed by atoms with Crippen molar-refractivity contribution in [2.24, 2.45) is 0 Å². The van der Waals surface area contributed by atoms with Crippen molar-refractivity contribution in [1.82, 2.24) is 9.97 Å². The molecule has 1 aromatic rings. The fraction of sp³-hybridized carbons (Fsp3) is 0.688. The maximum atomic E-state index is 12.1. The van der Waals surface area contributed by atoms with E-state index in [1.807, 2.05) is 20.8 Å². The molecule has 1 heterocycles. The molecule has 0 unspecified atom stereocenters. The molecule has 4 nitrogen and oxygen atoms in total. The number of ether oxygens (including phenoxy) is 1. The largest absolute Gasteiger partial charge is 0.460 e. The Morgan fingerprint density at radius 1 is 1.10 bits per heavy atom. The SMILES string of the molecule is CC(C)c1ncnc(C(C)C)c1CC(=O)OC(C)(C)C. The number of nitrogens with zero attached hydrogens (tertiary/aromatic N) is 2. The van der Waals surface area contributed by atoms with Gasteiger partial charge in [0.25, 0.3) is 0 Å². The van der Waals surface area contributed by atoms with Crippen molar-refractivity contribution in [3.63, 3.8) is 0 Å². The Bertz CT molecular complexity index is 448. The predicted octanol–water partition coefficient (Wildman–Crippen LogP) is 3.61. The highest BCUT2D eigenvalue weighted by atomic mass is 16.6. The fourth-order valence-electron chi connectivity index (χ4n) is 2.14. The second kappa shape index (κ2) is 6.33. The molecule has 1 rings (SSSR count). The Morgan fingerprint density at radius 3 is 1.90 bits per heavy atom. The third kappa shape index (κ3) is 4.58. The van der Waals surface area contributed by atoms with Gasteiger partial charge in [0.05, 0.1) is 17.8 Å². The van der Waals surface area contributed by atoms with Gasteiger partial charge in [-0.05, 0) is 32.6 Å². The van der Waals surface area contributed by atoms with Crippen molar-refractivity contribution in [2.45, 2.75) is 72.3 Å². The lowest BCUT2D eigenvalue weighted by Crippen LogP contribution is -2.26. The standard InChI is InChI=1S/C16H26N2O2/c1-10(2)14-12(8-13(19)20-16(5,6)7)15(11(3)4)18-9-17-14/h9-11H,8H2,1-7H3. The van der Waals surface area contributed by atoms with Gasteiger partial charge in [-0.2, -0.15) is 0 Å². The van der Waals surface area contributed by atoms with Gasteiger partial charge in [-0.25, -0.2) is 9.97 Å². The van der Waals surface area contributed by atoms with Crippen LogP contribution in [-0.2, 0) is 16.0 Å². The maximum absolute atomic E-state index is 12.1. The Balaban J connectivity index is 3.11. The molecule has 20 heavy (non-hydrogen) atoms. The number of esters is 1. The van der Waals surface area contributed by atoms with E-state index in [-0.39, 0.29) is 24.2 Å². The molecule has 0 radical (unpaired) electrons. The van der Waals surface area contributed by atoms with Crippen LogP contribution in [0.2, 0.25) is 0 Å². The molecular formula is C16H26N2O2. The average molecular weight is 278 g/mol. The lowest BCUT2D eigenvalue weighted by Gasteiger charge is -2.21. The highest BCUT2D eigenvalue weighted by Crippen LogP contribution is 2.25. The molecule has 1 aromatic heterocycles. The lowest BCUT2D eigenvalue weighted by molar-refractivity contribution is -0.153. The molecule has 0 atom stereocenters. The zero-order chi connectivity index (χ0) is 15.5. The topological polar surface area (TPSA) is 52.1 Å².